The molecule has 0 fully saturated rings. The molecule has 1 aromatic rings. The number of alkyl carbamates (subject to hydrolysis) is 1. The smallest absolute Gasteiger partial charge is 0.408 e. The van der Waals surface area contributed by atoms with Crippen molar-refractivity contribution in [2.75, 3.05) is 13.1 Å². The van der Waals surface area contributed by atoms with E-state index in [1.807, 2.05) is 6.07 Å². The Labute approximate surface area is 170 Å². The van der Waals surface area contributed by atoms with E-state index in [4.69, 9.17) is 4.74 Å². The molecule has 0 aliphatic carbocycles. The lowest BCUT2D eigenvalue weighted by Gasteiger charge is -2.30. The Bertz CT molecular complexity index is 763. The number of benzene rings is 1. The second kappa shape index (κ2) is 10.3. The minimum Gasteiger partial charge on any atom is -0.508 e. The maximum Gasteiger partial charge on any atom is 0.408 e. The Hall–Kier alpha value is -3.28. The number of ether oxygens (including phenoxy) is 1. The van der Waals surface area contributed by atoms with Crippen molar-refractivity contribution in [3.05, 3.63) is 29.8 Å². The molecule has 0 aliphatic rings. The Kier molecular flexibility index (Phi) is 8.45. The lowest BCUT2D eigenvalue weighted by Crippen LogP contribution is -2.49. The van der Waals surface area contributed by atoms with Crippen LogP contribution in [0.3, 0.4) is 0 Å². The van der Waals surface area contributed by atoms with Crippen molar-refractivity contribution in [2.24, 2.45) is 0 Å². The summed E-state index contributed by atoms with van der Waals surface area (Å²) >= 11 is 0. The largest absolute Gasteiger partial charge is 0.508 e. The fraction of sp³-hybridized carbons (Fsp3) is 0.500. The Balaban J connectivity index is 3.10. The van der Waals surface area contributed by atoms with E-state index >= 15 is 0 Å². The standard InChI is InChI=1S/C20H28N4O5/c1-13(2)23-18(27)17(14-6-8-15(25)9-7-14)24(11-10-21)16(26)12-22-19(28)29-20(3,4)5/h6-9,13,17,25H,11-12H2,1-5H3,(H,22,28)(H,23,27). The molecule has 0 spiro atoms. The lowest BCUT2D eigenvalue weighted by atomic mass is 10.0. The van der Waals surface area contributed by atoms with E-state index in [0.717, 1.165) is 4.90 Å². The average Bonchev–Trinajstić information content (AvgIpc) is 2.58. The number of hydrogen-bond acceptors (Lipinski definition) is 6. The van der Waals surface area contributed by atoms with Crippen molar-refractivity contribution in [3.63, 3.8) is 0 Å². The van der Waals surface area contributed by atoms with E-state index < -0.39 is 36.1 Å². The summed E-state index contributed by atoms with van der Waals surface area (Å²) in [7, 11) is 0. The number of amides is 3. The van der Waals surface area contributed by atoms with Crippen LogP contribution in [0, 0.1) is 11.3 Å². The number of phenolic OH excluding ortho intramolecular Hbond substituents is 1. The second-order valence-electron chi connectivity index (χ2n) is 7.69. The van der Waals surface area contributed by atoms with Gasteiger partial charge in [0, 0.05) is 6.04 Å². The molecule has 1 aromatic carbocycles. The highest BCUT2D eigenvalue weighted by Gasteiger charge is 2.32. The lowest BCUT2D eigenvalue weighted by molar-refractivity contribution is -0.139. The van der Waals surface area contributed by atoms with E-state index in [1.54, 1.807) is 34.6 Å². The van der Waals surface area contributed by atoms with Crippen LogP contribution in [-0.4, -0.2) is 52.6 Å². The SMILES string of the molecule is CC(C)NC(=O)C(c1ccc(O)cc1)N(CC#N)C(=O)CNC(=O)OC(C)(C)C. The predicted octanol–water partition coefficient (Wildman–Crippen LogP) is 1.83. The van der Waals surface area contributed by atoms with Gasteiger partial charge < -0.3 is 25.4 Å². The highest BCUT2D eigenvalue weighted by Crippen LogP contribution is 2.23. The molecular weight excluding hydrogens is 376 g/mol. The van der Waals surface area contributed by atoms with E-state index in [2.05, 4.69) is 10.6 Å². The number of nitriles is 1. The molecule has 0 bridgehead atoms. The Morgan fingerprint density at radius 3 is 2.28 bits per heavy atom. The Morgan fingerprint density at radius 1 is 1.21 bits per heavy atom. The molecule has 158 valence electrons. The topological polar surface area (TPSA) is 132 Å². The molecule has 3 N–H and O–H groups in total. The monoisotopic (exact) mass is 404 g/mol. The highest BCUT2D eigenvalue weighted by molar-refractivity contribution is 5.90. The van der Waals surface area contributed by atoms with Crippen molar-refractivity contribution >= 4 is 17.9 Å². The maximum absolute atomic E-state index is 12.8. The van der Waals surface area contributed by atoms with Crippen LogP contribution >= 0.6 is 0 Å². The van der Waals surface area contributed by atoms with Gasteiger partial charge in [-0.1, -0.05) is 12.1 Å². The van der Waals surface area contributed by atoms with Gasteiger partial charge in [-0.25, -0.2) is 4.79 Å². The van der Waals surface area contributed by atoms with E-state index in [9.17, 15) is 24.8 Å². The van der Waals surface area contributed by atoms with Crippen molar-refractivity contribution in [1.82, 2.24) is 15.5 Å². The number of aromatic hydroxyl groups is 1. The number of hydrogen-bond donors (Lipinski definition) is 3. The van der Waals surface area contributed by atoms with Gasteiger partial charge in [0.1, 0.15) is 30.5 Å². The first-order valence-corrected chi connectivity index (χ1v) is 9.17. The zero-order chi connectivity index (χ0) is 22.2. The van der Waals surface area contributed by atoms with Crippen molar-refractivity contribution in [1.29, 1.82) is 5.26 Å². The Morgan fingerprint density at radius 2 is 1.79 bits per heavy atom. The summed E-state index contributed by atoms with van der Waals surface area (Å²) in [6.07, 6.45) is -0.782. The number of nitrogens with zero attached hydrogens (tertiary/aromatic N) is 2. The fourth-order valence-corrected chi connectivity index (χ4v) is 2.46. The highest BCUT2D eigenvalue weighted by atomic mass is 16.6. The summed E-state index contributed by atoms with van der Waals surface area (Å²) in [6.45, 7) is 7.79. The van der Waals surface area contributed by atoms with Gasteiger partial charge >= 0.3 is 6.09 Å². The molecule has 1 atom stereocenters. The molecule has 3 amide bonds. The van der Waals surface area contributed by atoms with E-state index in [0.29, 0.717) is 5.56 Å². The molecule has 0 heterocycles. The second-order valence-corrected chi connectivity index (χ2v) is 7.69. The first kappa shape index (κ1) is 23.8. The summed E-state index contributed by atoms with van der Waals surface area (Å²) in [5, 5.41) is 23.8. The van der Waals surface area contributed by atoms with Crippen LogP contribution in [0.15, 0.2) is 24.3 Å². The van der Waals surface area contributed by atoms with Crippen LogP contribution in [0.1, 0.15) is 46.2 Å². The number of rotatable bonds is 7. The van der Waals surface area contributed by atoms with Gasteiger partial charge in [-0.15, -0.1) is 0 Å². The fourth-order valence-electron chi connectivity index (χ4n) is 2.46. The van der Waals surface area contributed by atoms with Crippen molar-refractivity contribution in [2.45, 2.75) is 52.3 Å². The number of carbonyl (C=O) groups is 3. The molecule has 9 nitrogen and oxygen atoms in total. The van der Waals surface area contributed by atoms with Gasteiger partial charge in [-0.2, -0.15) is 5.26 Å². The molecule has 0 aliphatic heterocycles. The third-order valence-electron chi connectivity index (χ3n) is 3.54. The average molecular weight is 404 g/mol. The summed E-state index contributed by atoms with van der Waals surface area (Å²) in [6, 6.07) is 6.35. The third kappa shape index (κ3) is 8.09. The van der Waals surface area contributed by atoms with Crippen LogP contribution in [0.5, 0.6) is 5.75 Å². The molecular formula is C20H28N4O5. The summed E-state index contributed by atoms with van der Waals surface area (Å²) in [5.74, 6) is -1.11. The molecule has 0 saturated carbocycles. The van der Waals surface area contributed by atoms with Gasteiger partial charge in [-0.3, -0.25) is 9.59 Å². The van der Waals surface area contributed by atoms with Crippen LogP contribution < -0.4 is 10.6 Å². The maximum atomic E-state index is 12.8. The van der Waals surface area contributed by atoms with Crippen molar-refractivity contribution in [3.8, 4) is 11.8 Å². The molecule has 1 unspecified atom stereocenters. The molecule has 9 heteroatoms. The van der Waals surface area contributed by atoms with Gasteiger partial charge in [0.25, 0.3) is 0 Å². The van der Waals surface area contributed by atoms with Crippen LogP contribution in [0.25, 0.3) is 0 Å². The van der Waals surface area contributed by atoms with E-state index in [1.165, 1.54) is 24.3 Å². The number of nitrogens with one attached hydrogen (secondary N) is 2. The minimum absolute atomic E-state index is 0.00141. The summed E-state index contributed by atoms with van der Waals surface area (Å²) in [4.78, 5) is 38.4. The van der Waals surface area contributed by atoms with Crippen LogP contribution in [-0.2, 0) is 14.3 Å². The normalized spacial score (nSPS) is 11.9. The summed E-state index contributed by atoms with van der Waals surface area (Å²) < 4.78 is 5.09. The summed E-state index contributed by atoms with van der Waals surface area (Å²) in [5.41, 5.74) is -0.313. The van der Waals surface area contributed by atoms with E-state index in [-0.39, 0.29) is 18.3 Å². The van der Waals surface area contributed by atoms with Gasteiger partial charge in [0.05, 0.1) is 6.07 Å². The minimum atomic E-state index is -1.11. The molecule has 29 heavy (non-hydrogen) atoms. The van der Waals surface area contributed by atoms with Gasteiger partial charge in [-0.05, 0) is 52.3 Å². The predicted molar refractivity (Wildman–Crippen MR) is 106 cm³/mol. The molecule has 0 saturated heterocycles. The van der Waals surface area contributed by atoms with Gasteiger partial charge in [0.2, 0.25) is 11.8 Å². The van der Waals surface area contributed by atoms with Crippen molar-refractivity contribution < 1.29 is 24.2 Å². The molecule has 1 rings (SSSR count). The quantitative estimate of drug-likeness (QED) is 0.594. The zero-order valence-corrected chi connectivity index (χ0v) is 17.4. The third-order valence-corrected chi connectivity index (χ3v) is 3.54. The number of carbonyl (C=O) groups excluding carboxylic acids is 3. The van der Waals surface area contributed by atoms with Gasteiger partial charge in [0.15, 0.2) is 0 Å². The molecule has 0 radical (unpaired) electrons. The number of phenols is 1. The van der Waals surface area contributed by atoms with Crippen LogP contribution in [0.2, 0.25) is 0 Å². The zero-order valence-electron chi connectivity index (χ0n) is 17.4. The first-order valence-electron chi connectivity index (χ1n) is 9.17. The first-order chi connectivity index (χ1) is 13.4. The molecule has 0 aromatic heterocycles. The van der Waals surface area contributed by atoms with Crippen LogP contribution in [0.4, 0.5) is 4.79 Å².